The van der Waals surface area contributed by atoms with Gasteiger partial charge in [0, 0.05) is 11.1 Å². The average molecular weight is 460 g/mol. The van der Waals surface area contributed by atoms with Gasteiger partial charge in [-0.15, -0.1) is 0 Å². The van der Waals surface area contributed by atoms with Gasteiger partial charge < -0.3 is 14.0 Å². The molecule has 1 aliphatic carbocycles. The SMILES string of the molecule is C=CC1=C(C=C)C2(c3ccccc3O1)c1ccccc1-c1ccc(B3OC(C)(C)C(C)(C)O3)cc12. The molecule has 1 saturated heterocycles. The van der Waals surface area contributed by atoms with Gasteiger partial charge in [-0.25, -0.2) is 0 Å². The van der Waals surface area contributed by atoms with Gasteiger partial charge in [-0.3, -0.25) is 0 Å². The summed E-state index contributed by atoms with van der Waals surface area (Å²) in [5, 5.41) is 0. The second kappa shape index (κ2) is 7.33. The molecule has 1 unspecified atom stereocenters. The summed E-state index contributed by atoms with van der Waals surface area (Å²) in [7, 11) is -0.448. The monoisotopic (exact) mass is 460 g/mol. The average Bonchev–Trinajstić information content (AvgIpc) is 3.26. The van der Waals surface area contributed by atoms with Gasteiger partial charge in [0.25, 0.3) is 0 Å². The van der Waals surface area contributed by atoms with E-state index in [2.05, 4.69) is 95.5 Å². The van der Waals surface area contributed by atoms with E-state index in [0.29, 0.717) is 0 Å². The third-order valence-electron chi connectivity index (χ3n) is 8.16. The highest BCUT2D eigenvalue weighted by molar-refractivity contribution is 6.62. The first-order valence-electron chi connectivity index (χ1n) is 12.1. The minimum Gasteiger partial charge on any atom is -0.457 e. The third-order valence-corrected chi connectivity index (χ3v) is 8.16. The summed E-state index contributed by atoms with van der Waals surface area (Å²) in [5.41, 5.74) is 6.48. The van der Waals surface area contributed by atoms with Crippen molar-refractivity contribution in [2.45, 2.75) is 44.3 Å². The number of allylic oxidation sites excluding steroid dienone is 3. The lowest BCUT2D eigenvalue weighted by molar-refractivity contribution is 0.00578. The van der Waals surface area contributed by atoms with E-state index in [1.54, 1.807) is 6.08 Å². The zero-order valence-electron chi connectivity index (χ0n) is 20.7. The van der Waals surface area contributed by atoms with Crippen LogP contribution in [0.4, 0.5) is 0 Å². The molecule has 6 rings (SSSR count). The maximum absolute atomic E-state index is 6.43. The van der Waals surface area contributed by atoms with Crippen molar-refractivity contribution in [2.75, 3.05) is 0 Å². The van der Waals surface area contributed by atoms with Gasteiger partial charge in [0.1, 0.15) is 11.5 Å². The van der Waals surface area contributed by atoms with Crippen LogP contribution in [-0.2, 0) is 14.7 Å². The number of rotatable bonds is 3. The van der Waals surface area contributed by atoms with Crippen LogP contribution in [0.5, 0.6) is 5.75 Å². The van der Waals surface area contributed by atoms with Crippen LogP contribution in [0, 0.1) is 0 Å². The summed E-state index contributed by atoms with van der Waals surface area (Å²) in [4.78, 5) is 0. The lowest BCUT2D eigenvalue weighted by Crippen LogP contribution is -2.41. The number of ether oxygens (including phenoxy) is 1. The highest BCUT2D eigenvalue weighted by atomic mass is 16.7. The van der Waals surface area contributed by atoms with Crippen molar-refractivity contribution in [2.24, 2.45) is 0 Å². The number of hydrogen-bond donors (Lipinski definition) is 0. The lowest BCUT2D eigenvalue weighted by atomic mass is 9.64. The van der Waals surface area contributed by atoms with E-state index in [0.717, 1.165) is 28.1 Å². The molecule has 0 radical (unpaired) electrons. The van der Waals surface area contributed by atoms with Crippen molar-refractivity contribution >= 4 is 12.6 Å². The molecule has 3 aromatic carbocycles. The van der Waals surface area contributed by atoms with Crippen molar-refractivity contribution in [3.8, 4) is 16.9 Å². The topological polar surface area (TPSA) is 27.7 Å². The van der Waals surface area contributed by atoms with Crippen LogP contribution in [0.1, 0.15) is 44.4 Å². The lowest BCUT2D eigenvalue weighted by Gasteiger charge is -2.39. The Bertz CT molecular complexity index is 1410. The fraction of sp³-hybridized carbons (Fsp3) is 0.226. The van der Waals surface area contributed by atoms with Crippen LogP contribution in [0.15, 0.2) is 103 Å². The molecule has 2 heterocycles. The normalized spacial score (nSPS) is 22.9. The summed E-state index contributed by atoms with van der Waals surface area (Å²) in [6.45, 7) is 16.6. The van der Waals surface area contributed by atoms with E-state index < -0.39 is 23.7 Å². The first-order valence-corrected chi connectivity index (χ1v) is 12.1. The predicted octanol–water partition coefficient (Wildman–Crippen LogP) is 6.32. The molecule has 3 nitrogen and oxygen atoms in total. The number of fused-ring (bicyclic) bond motifs is 7. The first kappa shape index (κ1) is 22.1. The molecule has 0 amide bonds. The maximum Gasteiger partial charge on any atom is 0.494 e. The summed E-state index contributed by atoms with van der Waals surface area (Å²) >= 11 is 0. The minimum absolute atomic E-state index is 0.412. The quantitative estimate of drug-likeness (QED) is 0.428. The van der Waals surface area contributed by atoms with E-state index in [9.17, 15) is 0 Å². The number of para-hydroxylation sites is 1. The standard InChI is InChI=1S/C31H29BO3/c1-7-23-27(8-2)33-28-16-12-11-15-25(28)31(23)24-14-10-9-13-21(24)22-18-17-20(19-26(22)31)32-34-29(3,4)30(5,6)35-32/h7-19H,1-2H2,3-6H3. The van der Waals surface area contributed by atoms with Crippen molar-refractivity contribution in [1.82, 2.24) is 0 Å². The molecule has 4 heteroatoms. The Kier molecular flexibility index (Phi) is 4.64. The predicted molar refractivity (Wildman–Crippen MR) is 142 cm³/mol. The molecule has 3 aromatic rings. The largest absolute Gasteiger partial charge is 0.494 e. The van der Waals surface area contributed by atoms with E-state index in [-0.39, 0.29) is 0 Å². The van der Waals surface area contributed by atoms with Crippen LogP contribution in [0.25, 0.3) is 11.1 Å². The smallest absolute Gasteiger partial charge is 0.457 e. The number of hydrogen-bond acceptors (Lipinski definition) is 3. The van der Waals surface area contributed by atoms with Crippen molar-refractivity contribution in [3.05, 3.63) is 120 Å². The maximum atomic E-state index is 6.43. The molecule has 1 spiro atoms. The van der Waals surface area contributed by atoms with Gasteiger partial charge in [0.15, 0.2) is 0 Å². The molecule has 1 fully saturated rings. The van der Waals surface area contributed by atoms with E-state index >= 15 is 0 Å². The molecule has 0 aromatic heterocycles. The molecule has 0 saturated carbocycles. The van der Waals surface area contributed by atoms with Crippen molar-refractivity contribution in [1.29, 1.82) is 0 Å². The van der Waals surface area contributed by atoms with Gasteiger partial charge >= 0.3 is 7.12 Å². The molecule has 2 aliphatic heterocycles. The second-order valence-corrected chi connectivity index (χ2v) is 10.5. The molecule has 3 aliphatic rings. The zero-order valence-corrected chi connectivity index (χ0v) is 20.7. The van der Waals surface area contributed by atoms with Crippen molar-refractivity contribution in [3.63, 3.8) is 0 Å². The Balaban J connectivity index is 1.67. The highest BCUT2D eigenvalue weighted by Gasteiger charge is 2.54. The summed E-state index contributed by atoms with van der Waals surface area (Å²) < 4.78 is 19.2. The van der Waals surface area contributed by atoms with Crippen molar-refractivity contribution < 1.29 is 14.0 Å². The van der Waals surface area contributed by atoms with E-state index in [4.69, 9.17) is 14.0 Å². The molecule has 1 atom stereocenters. The highest BCUT2D eigenvalue weighted by Crippen LogP contribution is 2.60. The van der Waals surface area contributed by atoms with Gasteiger partial charge in [0.2, 0.25) is 0 Å². The Morgan fingerprint density at radius 2 is 1.34 bits per heavy atom. The van der Waals surface area contributed by atoms with E-state index in [1.165, 1.54) is 22.3 Å². The third kappa shape index (κ3) is 2.81. The summed E-state index contributed by atoms with van der Waals surface area (Å²) in [6, 6.07) is 23.5. The summed E-state index contributed by atoms with van der Waals surface area (Å²) in [6.07, 6.45) is 3.70. The molecule has 0 N–H and O–H groups in total. The Morgan fingerprint density at radius 1 is 0.714 bits per heavy atom. The minimum atomic E-state index is -0.578. The Labute approximate surface area is 207 Å². The fourth-order valence-corrected chi connectivity index (χ4v) is 5.78. The molecule has 35 heavy (non-hydrogen) atoms. The van der Waals surface area contributed by atoms with Gasteiger partial charge in [0.05, 0.1) is 16.6 Å². The van der Waals surface area contributed by atoms with Gasteiger partial charge in [-0.2, -0.15) is 0 Å². The second-order valence-electron chi connectivity index (χ2n) is 10.5. The van der Waals surface area contributed by atoms with Gasteiger partial charge in [-0.1, -0.05) is 79.9 Å². The summed E-state index contributed by atoms with van der Waals surface area (Å²) in [5.74, 6) is 1.55. The van der Waals surface area contributed by atoms with Crippen LogP contribution >= 0.6 is 0 Å². The van der Waals surface area contributed by atoms with Crippen LogP contribution in [0.2, 0.25) is 0 Å². The molecule has 174 valence electrons. The Morgan fingerprint density at radius 3 is 2.03 bits per heavy atom. The first-order chi connectivity index (χ1) is 16.7. The fourth-order valence-electron chi connectivity index (χ4n) is 5.78. The number of benzene rings is 3. The van der Waals surface area contributed by atoms with Crippen LogP contribution in [-0.4, -0.2) is 18.3 Å². The molecular formula is C31H29BO3. The van der Waals surface area contributed by atoms with Gasteiger partial charge in [-0.05, 0) is 67.6 Å². The molecule has 0 bridgehead atoms. The zero-order chi connectivity index (χ0) is 24.6. The Hall–Kier alpha value is -3.34. The van der Waals surface area contributed by atoms with E-state index in [1.807, 2.05) is 18.2 Å². The molecular weight excluding hydrogens is 431 g/mol. The van der Waals surface area contributed by atoms with Crippen LogP contribution < -0.4 is 10.2 Å². The van der Waals surface area contributed by atoms with Crippen LogP contribution in [0.3, 0.4) is 0 Å².